The number of rotatable bonds is 8. The SMILES string of the molecule is CCNCCS(=O)(=O)NCC1(OC)CCC1. The van der Waals surface area contributed by atoms with E-state index in [2.05, 4.69) is 10.0 Å². The highest BCUT2D eigenvalue weighted by Gasteiger charge is 2.37. The zero-order valence-electron chi connectivity index (χ0n) is 10.1. The summed E-state index contributed by atoms with van der Waals surface area (Å²) >= 11 is 0. The molecule has 1 fully saturated rings. The van der Waals surface area contributed by atoms with Crippen molar-refractivity contribution in [1.29, 1.82) is 0 Å². The Hall–Kier alpha value is -0.170. The van der Waals surface area contributed by atoms with E-state index in [-0.39, 0.29) is 11.4 Å². The van der Waals surface area contributed by atoms with Gasteiger partial charge in [0.2, 0.25) is 10.0 Å². The Morgan fingerprint density at radius 2 is 2.06 bits per heavy atom. The van der Waals surface area contributed by atoms with E-state index in [0.717, 1.165) is 25.8 Å². The Labute approximate surface area is 98.0 Å². The molecule has 0 bridgehead atoms. The van der Waals surface area contributed by atoms with Crippen molar-refractivity contribution in [3.63, 3.8) is 0 Å². The molecule has 0 aromatic rings. The molecule has 0 aliphatic heterocycles. The van der Waals surface area contributed by atoms with E-state index in [4.69, 9.17) is 4.74 Å². The summed E-state index contributed by atoms with van der Waals surface area (Å²) in [6, 6.07) is 0. The first kappa shape index (κ1) is 13.9. The second-order valence-electron chi connectivity index (χ2n) is 4.23. The molecule has 5 nitrogen and oxygen atoms in total. The molecule has 0 atom stereocenters. The molecule has 0 spiro atoms. The van der Waals surface area contributed by atoms with Crippen LogP contribution in [-0.4, -0.2) is 46.5 Å². The van der Waals surface area contributed by atoms with Gasteiger partial charge >= 0.3 is 0 Å². The van der Waals surface area contributed by atoms with Crippen LogP contribution in [0.3, 0.4) is 0 Å². The van der Waals surface area contributed by atoms with E-state index >= 15 is 0 Å². The molecule has 1 aliphatic carbocycles. The highest BCUT2D eigenvalue weighted by atomic mass is 32.2. The Morgan fingerprint density at radius 1 is 1.38 bits per heavy atom. The number of hydrogen-bond donors (Lipinski definition) is 2. The molecule has 0 amide bonds. The minimum Gasteiger partial charge on any atom is -0.377 e. The lowest BCUT2D eigenvalue weighted by Gasteiger charge is -2.40. The monoisotopic (exact) mass is 250 g/mol. The molecule has 16 heavy (non-hydrogen) atoms. The summed E-state index contributed by atoms with van der Waals surface area (Å²) in [6.07, 6.45) is 3.01. The van der Waals surface area contributed by atoms with Gasteiger partial charge in [-0.2, -0.15) is 0 Å². The van der Waals surface area contributed by atoms with Gasteiger partial charge in [0.1, 0.15) is 0 Å². The lowest BCUT2D eigenvalue weighted by Crippen LogP contribution is -2.50. The van der Waals surface area contributed by atoms with E-state index in [1.54, 1.807) is 7.11 Å². The zero-order valence-corrected chi connectivity index (χ0v) is 10.9. The first-order valence-corrected chi connectivity index (χ1v) is 7.42. The van der Waals surface area contributed by atoms with Crippen molar-refractivity contribution in [2.45, 2.75) is 31.8 Å². The van der Waals surface area contributed by atoms with Gasteiger partial charge in [-0.05, 0) is 25.8 Å². The Morgan fingerprint density at radius 3 is 2.50 bits per heavy atom. The quantitative estimate of drug-likeness (QED) is 0.599. The van der Waals surface area contributed by atoms with Crippen LogP contribution in [0.2, 0.25) is 0 Å². The Bertz CT molecular complexity index is 294. The number of methoxy groups -OCH3 is 1. The first-order valence-electron chi connectivity index (χ1n) is 5.77. The van der Waals surface area contributed by atoms with Crippen LogP contribution in [0.1, 0.15) is 26.2 Å². The maximum absolute atomic E-state index is 11.6. The van der Waals surface area contributed by atoms with Gasteiger partial charge in [0.05, 0.1) is 11.4 Å². The third-order valence-electron chi connectivity index (χ3n) is 3.11. The Kier molecular flexibility index (Phi) is 5.17. The van der Waals surface area contributed by atoms with Gasteiger partial charge in [-0.15, -0.1) is 0 Å². The molecule has 0 aromatic heterocycles. The smallest absolute Gasteiger partial charge is 0.212 e. The number of ether oxygens (including phenoxy) is 1. The van der Waals surface area contributed by atoms with Crippen LogP contribution < -0.4 is 10.0 Å². The molecule has 0 radical (unpaired) electrons. The molecule has 1 rings (SSSR count). The van der Waals surface area contributed by atoms with Crippen molar-refractivity contribution in [3.05, 3.63) is 0 Å². The summed E-state index contributed by atoms with van der Waals surface area (Å²) in [5.74, 6) is 0.126. The van der Waals surface area contributed by atoms with Crippen LogP contribution in [0.4, 0.5) is 0 Å². The minimum atomic E-state index is -3.17. The van der Waals surface area contributed by atoms with Crippen LogP contribution in [0.15, 0.2) is 0 Å². The summed E-state index contributed by atoms with van der Waals surface area (Å²) in [5, 5.41) is 2.99. The summed E-state index contributed by atoms with van der Waals surface area (Å²) in [6.45, 7) is 3.63. The molecular formula is C10H22N2O3S. The van der Waals surface area contributed by atoms with E-state index in [1.807, 2.05) is 6.92 Å². The third-order valence-corrected chi connectivity index (χ3v) is 4.44. The van der Waals surface area contributed by atoms with Crippen LogP contribution in [0.5, 0.6) is 0 Å². The lowest BCUT2D eigenvalue weighted by molar-refractivity contribution is -0.0659. The fraction of sp³-hybridized carbons (Fsp3) is 1.00. The van der Waals surface area contributed by atoms with Crippen LogP contribution in [-0.2, 0) is 14.8 Å². The number of hydrogen-bond acceptors (Lipinski definition) is 4. The van der Waals surface area contributed by atoms with Crippen molar-refractivity contribution in [2.75, 3.05) is 32.5 Å². The van der Waals surface area contributed by atoms with Crippen molar-refractivity contribution < 1.29 is 13.2 Å². The predicted molar refractivity (Wildman–Crippen MR) is 63.9 cm³/mol. The standard InChI is InChI=1S/C10H22N2O3S/c1-3-11-7-8-16(13,14)12-9-10(15-2)5-4-6-10/h11-12H,3-9H2,1-2H3. The van der Waals surface area contributed by atoms with Crippen LogP contribution in [0, 0.1) is 0 Å². The second-order valence-corrected chi connectivity index (χ2v) is 6.16. The maximum atomic E-state index is 11.6. The highest BCUT2D eigenvalue weighted by Crippen LogP contribution is 2.34. The Balaban J connectivity index is 2.30. The molecule has 1 saturated carbocycles. The first-order chi connectivity index (χ1) is 7.54. The second kappa shape index (κ2) is 5.95. The molecule has 6 heteroatoms. The average molecular weight is 250 g/mol. The van der Waals surface area contributed by atoms with Crippen molar-refractivity contribution >= 4 is 10.0 Å². The molecule has 0 saturated heterocycles. The van der Waals surface area contributed by atoms with Crippen molar-refractivity contribution in [2.24, 2.45) is 0 Å². The molecule has 0 unspecified atom stereocenters. The van der Waals surface area contributed by atoms with Crippen LogP contribution >= 0.6 is 0 Å². The fourth-order valence-corrected chi connectivity index (χ4v) is 2.76. The lowest BCUT2D eigenvalue weighted by atomic mass is 9.80. The normalized spacial score (nSPS) is 19.4. The van der Waals surface area contributed by atoms with Crippen molar-refractivity contribution in [3.8, 4) is 0 Å². The molecule has 0 heterocycles. The molecular weight excluding hydrogens is 228 g/mol. The largest absolute Gasteiger partial charge is 0.377 e. The van der Waals surface area contributed by atoms with E-state index in [1.165, 1.54) is 0 Å². The van der Waals surface area contributed by atoms with Gasteiger partial charge in [-0.25, -0.2) is 13.1 Å². The summed E-state index contributed by atoms with van der Waals surface area (Å²) < 4.78 is 31.2. The van der Waals surface area contributed by atoms with Gasteiger partial charge in [-0.3, -0.25) is 0 Å². The van der Waals surface area contributed by atoms with Gasteiger partial charge < -0.3 is 10.1 Å². The molecule has 1 aliphatic rings. The van der Waals surface area contributed by atoms with Gasteiger partial charge in [0.25, 0.3) is 0 Å². The molecule has 2 N–H and O–H groups in total. The molecule has 0 aromatic carbocycles. The predicted octanol–water partition coefficient (Wildman–Crippen LogP) is 0.0844. The van der Waals surface area contributed by atoms with E-state index < -0.39 is 10.0 Å². The summed E-state index contributed by atoms with van der Waals surface area (Å²) in [7, 11) is -1.52. The number of sulfonamides is 1. The van der Waals surface area contributed by atoms with Gasteiger partial charge in [0.15, 0.2) is 0 Å². The van der Waals surface area contributed by atoms with E-state index in [9.17, 15) is 8.42 Å². The van der Waals surface area contributed by atoms with Gasteiger partial charge in [-0.1, -0.05) is 6.92 Å². The van der Waals surface area contributed by atoms with E-state index in [0.29, 0.717) is 13.1 Å². The van der Waals surface area contributed by atoms with Crippen molar-refractivity contribution in [1.82, 2.24) is 10.0 Å². The number of nitrogens with one attached hydrogen (secondary N) is 2. The van der Waals surface area contributed by atoms with Crippen LogP contribution in [0.25, 0.3) is 0 Å². The average Bonchev–Trinajstić information content (AvgIpc) is 2.17. The van der Waals surface area contributed by atoms with Gasteiger partial charge in [0, 0.05) is 20.2 Å². The highest BCUT2D eigenvalue weighted by molar-refractivity contribution is 7.89. The summed E-state index contributed by atoms with van der Waals surface area (Å²) in [4.78, 5) is 0. The minimum absolute atomic E-state index is 0.126. The third kappa shape index (κ3) is 4.01. The summed E-state index contributed by atoms with van der Waals surface area (Å²) in [5.41, 5.74) is -0.245. The maximum Gasteiger partial charge on any atom is 0.212 e. The zero-order chi connectivity index (χ0) is 12.1. The fourth-order valence-electron chi connectivity index (χ4n) is 1.72. The molecule has 96 valence electrons. The topological polar surface area (TPSA) is 67.4 Å².